The summed E-state index contributed by atoms with van der Waals surface area (Å²) in [6, 6.07) is 18.8. The molecule has 0 heterocycles. The Kier molecular flexibility index (Phi) is 5.11. The van der Waals surface area contributed by atoms with Gasteiger partial charge in [-0.15, -0.1) is 0 Å². The molecule has 2 aromatic carbocycles. The Hall–Kier alpha value is -2.60. The molecule has 0 saturated heterocycles. The van der Waals surface area contributed by atoms with Crippen LogP contribution in [0.4, 0.5) is 5.69 Å². The second-order valence-corrected chi connectivity index (χ2v) is 4.93. The number of carbonyl (C=O) groups is 1. The smallest absolute Gasteiger partial charge is 0.231 e. The third-order valence-corrected chi connectivity index (χ3v) is 3.38. The zero-order valence-electron chi connectivity index (χ0n) is 12.0. The number of rotatable bonds is 5. The molecule has 0 fully saturated rings. The van der Waals surface area contributed by atoms with Gasteiger partial charge in [0.25, 0.3) is 0 Å². The van der Waals surface area contributed by atoms with E-state index in [4.69, 9.17) is 5.26 Å². The number of nitriles is 1. The fourth-order valence-electron chi connectivity index (χ4n) is 2.28. The first-order chi connectivity index (χ1) is 10.2. The summed E-state index contributed by atoms with van der Waals surface area (Å²) in [6.45, 7) is 2.07. The summed E-state index contributed by atoms with van der Waals surface area (Å²) in [5, 5.41) is 11.7. The van der Waals surface area contributed by atoms with Crippen LogP contribution in [0.1, 0.15) is 36.8 Å². The van der Waals surface area contributed by atoms with Crippen molar-refractivity contribution in [2.24, 2.45) is 0 Å². The highest BCUT2D eigenvalue weighted by atomic mass is 16.1. The summed E-state index contributed by atoms with van der Waals surface area (Å²) < 4.78 is 0. The second-order valence-electron chi connectivity index (χ2n) is 4.93. The Morgan fingerprint density at radius 3 is 2.38 bits per heavy atom. The predicted molar refractivity (Wildman–Crippen MR) is 83.9 cm³/mol. The van der Waals surface area contributed by atoms with Crippen molar-refractivity contribution in [3.8, 4) is 6.07 Å². The number of amides is 1. The van der Waals surface area contributed by atoms with E-state index >= 15 is 0 Å². The van der Waals surface area contributed by atoms with Crippen molar-refractivity contribution < 1.29 is 4.79 Å². The number of nitrogens with one attached hydrogen (secondary N) is 1. The van der Waals surface area contributed by atoms with Gasteiger partial charge in [0.2, 0.25) is 5.91 Å². The quantitative estimate of drug-likeness (QED) is 0.896. The lowest BCUT2D eigenvalue weighted by Gasteiger charge is -2.16. The molecule has 106 valence electrons. The number of anilines is 1. The average Bonchev–Trinajstić information content (AvgIpc) is 2.54. The third kappa shape index (κ3) is 3.93. The molecule has 0 aromatic heterocycles. The number of benzene rings is 2. The lowest BCUT2D eigenvalue weighted by molar-refractivity contribution is -0.117. The van der Waals surface area contributed by atoms with E-state index in [9.17, 15) is 4.79 Å². The SMILES string of the molecule is CCC[C@@H](C(=O)Nc1ccc(C#N)cc1)c1ccccc1. The van der Waals surface area contributed by atoms with E-state index in [0.29, 0.717) is 5.56 Å². The van der Waals surface area contributed by atoms with Crippen LogP contribution in [0, 0.1) is 11.3 Å². The number of nitrogens with zero attached hydrogens (tertiary/aromatic N) is 1. The summed E-state index contributed by atoms with van der Waals surface area (Å²) >= 11 is 0. The van der Waals surface area contributed by atoms with Crippen molar-refractivity contribution in [3.05, 3.63) is 65.7 Å². The van der Waals surface area contributed by atoms with Crippen molar-refractivity contribution in [2.45, 2.75) is 25.7 Å². The Balaban J connectivity index is 2.13. The zero-order valence-corrected chi connectivity index (χ0v) is 12.0. The van der Waals surface area contributed by atoms with Gasteiger partial charge in [0.1, 0.15) is 0 Å². The highest BCUT2D eigenvalue weighted by Gasteiger charge is 2.19. The Morgan fingerprint density at radius 2 is 1.81 bits per heavy atom. The Labute approximate surface area is 125 Å². The van der Waals surface area contributed by atoms with Gasteiger partial charge in [0, 0.05) is 5.69 Å². The van der Waals surface area contributed by atoms with Crippen LogP contribution in [0.3, 0.4) is 0 Å². The zero-order chi connectivity index (χ0) is 15.1. The molecule has 0 spiro atoms. The lowest BCUT2D eigenvalue weighted by Crippen LogP contribution is -2.21. The van der Waals surface area contributed by atoms with Gasteiger partial charge in [0.15, 0.2) is 0 Å². The van der Waals surface area contributed by atoms with Gasteiger partial charge in [-0.2, -0.15) is 5.26 Å². The first kappa shape index (κ1) is 14.8. The van der Waals surface area contributed by atoms with Gasteiger partial charge in [-0.25, -0.2) is 0 Å². The van der Waals surface area contributed by atoms with Crippen LogP contribution in [0.25, 0.3) is 0 Å². The number of carbonyl (C=O) groups excluding carboxylic acids is 1. The fourth-order valence-corrected chi connectivity index (χ4v) is 2.28. The largest absolute Gasteiger partial charge is 0.326 e. The topological polar surface area (TPSA) is 52.9 Å². The molecule has 2 aromatic rings. The summed E-state index contributed by atoms with van der Waals surface area (Å²) in [4.78, 5) is 12.5. The van der Waals surface area contributed by atoms with Crippen LogP contribution in [0.15, 0.2) is 54.6 Å². The van der Waals surface area contributed by atoms with Crippen LogP contribution in [-0.4, -0.2) is 5.91 Å². The molecule has 0 saturated carbocycles. The maximum Gasteiger partial charge on any atom is 0.231 e. The average molecular weight is 278 g/mol. The van der Waals surface area contributed by atoms with E-state index in [1.165, 1.54) is 0 Å². The van der Waals surface area contributed by atoms with Crippen LogP contribution in [-0.2, 0) is 4.79 Å². The highest BCUT2D eigenvalue weighted by Crippen LogP contribution is 2.23. The molecule has 3 nitrogen and oxygen atoms in total. The fraction of sp³-hybridized carbons (Fsp3) is 0.222. The Bertz CT molecular complexity index is 627. The molecule has 3 heteroatoms. The lowest BCUT2D eigenvalue weighted by atomic mass is 9.93. The molecule has 0 unspecified atom stereocenters. The molecular weight excluding hydrogens is 260 g/mol. The number of hydrogen-bond acceptors (Lipinski definition) is 2. The minimum absolute atomic E-state index is 0.00671. The van der Waals surface area contributed by atoms with Gasteiger partial charge >= 0.3 is 0 Å². The van der Waals surface area contributed by atoms with Crippen molar-refractivity contribution in [1.29, 1.82) is 5.26 Å². The third-order valence-electron chi connectivity index (χ3n) is 3.38. The summed E-state index contributed by atoms with van der Waals surface area (Å²) in [5.41, 5.74) is 2.34. The minimum Gasteiger partial charge on any atom is -0.326 e. The molecule has 0 aliphatic rings. The normalized spacial score (nSPS) is 11.4. The predicted octanol–water partition coefficient (Wildman–Crippen LogP) is 4.08. The van der Waals surface area contributed by atoms with Crippen LogP contribution in [0.5, 0.6) is 0 Å². The van der Waals surface area contributed by atoms with E-state index in [2.05, 4.69) is 18.3 Å². The second kappa shape index (κ2) is 7.25. The summed E-state index contributed by atoms with van der Waals surface area (Å²) in [5.74, 6) is -0.153. The van der Waals surface area contributed by atoms with Gasteiger partial charge in [-0.05, 0) is 36.2 Å². The van der Waals surface area contributed by atoms with Crippen molar-refractivity contribution in [1.82, 2.24) is 0 Å². The molecular formula is C18H18N2O. The van der Waals surface area contributed by atoms with Crippen LogP contribution in [0.2, 0.25) is 0 Å². The van der Waals surface area contributed by atoms with E-state index in [0.717, 1.165) is 24.1 Å². The van der Waals surface area contributed by atoms with Gasteiger partial charge in [-0.1, -0.05) is 43.7 Å². The van der Waals surface area contributed by atoms with Crippen molar-refractivity contribution in [3.63, 3.8) is 0 Å². The molecule has 2 rings (SSSR count). The summed E-state index contributed by atoms with van der Waals surface area (Å²) in [6.07, 6.45) is 1.76. The maximum absolute atomic E-state index is 12.5. The number of hydrogen-bond donors (Lipinski definition) is 1. The van der Waals surface area contributed by atoms with Crippen molar-refractivity contribution in [2.75, 3.05) is 5.32 Å². The van der Waals surface area contributed by atoms with E-state index in [1.54, 1.807) is 24.3 Å². The monoisotopic (exact) mass is 278 g/mol. The van der Waals surface area contributed by atoms with Crippen molar-refractivity contribution >= 4 is 11.6 Å². The van der Waals surface area contributed by atoms with Crippen LogP contribution >= 0.6 is 0 Å². The minimum atomic E-state index is -0.146. The van der Waals surface area contributed by atoms with Gasteiger partial charge in [0.05, 0.1) is 17.6 Å². The molecule has 1 amide bonds. The molecule has 1 N–H and O–H groups in total. The first-order valence-electron chi connectivity index (χ1n) is 7.10. The molecule has 1 atom stereocenters. The van der Waals surface area contributed by atoms with Gasteiger partial charge in [-0.3, -0.25) is 4.79 Å². The standard InChI is InChI=1S/C18H18N2O/c1-2-6-17(15-7-4-3-5-8-15)18(21)20-16-11-9-14(13-19)10-12-16/h3-5,7-12,17H,2,6H2,1H3,(H,20,21)/t17-/m1/s1. The maximum atomic E-state index is 12.5. The van der Waals surface area contributed by atoms with Crippen LogP contribution < -0.4 is 5.32 Å². The molecule has 0 bridgehead atoms. The highest BCUT2D eigenvalue weighted by molar-refractivity contribution is 5.95. The van der Waals surface area contributed by atoms with E-state index in [-0.39, 0.29) is 11.8 Å². The van der Waals surface area contributed by atoms with E-state index in [1.807, 2.05) is 30.3 Å². The molecule has 21 heavy (non-hydrogen) atoms. The first-order valence-corrected chi connectivity index (χ1v) is 7.10. The summed E-state index contributed by atoms with van der Waals surface area (Å²) in [7, 11) is 0. The molecule has 0 radical (unpaired) electrons. The van der Waals surface area contributed by atoms with Gasteiger partial charge < -0.3 is 5.32 Å². The van der Waals surface area contributed by atoms with E-state index < -0.39 is 0 Å². The molecule has 0 aliphatic heterocycles. The molecule has 0 aliphatic carbocycles. The Morgan fingerprint density at radius 1 is 1.14 bits per heavy atom.